The van der Waals surface area contributed by atoms with Gasteiger partial charge in [0.15, 0.2) is 0 Å². The number of carbonyl (C=O) groups excluding carboxylic acids is 2. The van der Waals surface area contributed by atoms with Crippen molar-refractivity contribution in [2.75, 3.05) is 13.2 Å². The molecule has 4 aliphatic rings. The minimum atomic E-state index is 0.00292. The fraction of sp³-hybridized carbons (Fsp3) is 0.575. The summed E-state index contributed by atoms with van der Waals surface area (Å²) in [6.45, 7) is 19.1. The molecule has 10 rings (SSSR count). The van der Waals surface area contributed by atoms with Crippen molar-refractivity contribution in [2.24, 2.45) is 35.5 Å². The van der Waals surface area contributed by atoms with Gasteiger partial charge >= 0.3 is 68.3 Å². The van der Waals surface area contributed by atoms with Crippen LogP contribution in [0.3, 0.4) is 0 Å². The van der Waals surface area contributed by atoms with Crippen LogP contribution in [-0.2, 0) is 80.3 Å². The maximum absolute atomic E-state index is 12.4. The Labute approximate surface area is 596 Å². The molecular weight excluding hydrogens is 1570 g/mol. The number of benzene rings is 2. The van der Waals surface area contributed by atoms with Gasteiger partial charge in [-0.25, -0.2) is 0 Å². The Morgan fingerprint density at radius 2 is 0.883 bits per heavy atom. The molecule has 0 aliphatic heterocycles. The van der Waals surface area contributed by atoms with Crippen LogP contribution in [-0.4, -0.2) is 55.3 Å². The number of unbranched alkanes of at least 4 members (excludes halogenated alkanes) is 16. The van der Waals surface area contributed by atoms with Crippen molar-refractivity contribution in [3.8, 4) is 56.9 Å². The summed E-state index contributed by atoms with van der Waals surface area (Å²) in [7, 11) is 9.22. The number of rotatable bonds is 28. The van der Waals surface area contributed by atoms with Crippen LogP contribution in [0.1, 0.15) is 245 Å². The standard InChI is InChI=1S/C40H53N2O2.C22H36O2.C18H17N4.2ClH.2Pt/c1-5-6-7-8-9-10-11-12-13-17-39(43)44-28-36-34-20-18-29-26-38(42-27-30(29)19-21-35(34)36)32-23-31(37-16-14-15-22-41-37)24-33(25-32)40(2,3)4;1-2-3-4-5-6-7-8-9-14-17-22(23)24-18-21-19-15-12-10-11-13-16-20(19)21;1-18(2,3)15-9-13(16-6-4-5-7-19-16)8-14(10-15)17-11-21-22-12-20-17;;;;/h14-16,22,24-27,34-36H,5-13,17-21,28H2,1-4H3;19-21H,2-9,12-18H2,1H3;4-7,9-12H,1-3H3;2*1H;;/q-1;;-1;;;2*+2/p-2/t34-,35+,36+;19-,20+,21?;;;;;/m1....../s1. The van der Waals surface area contributed by atoms with Crippen molar-refractivity contribution < 1.29 is 56.6 Å². The van der Waals surface area contributed by atoms with Crippen LogP contribution in [0.4, 0.5) is 0 Å². The van der Waals surface area contributed by atoms with Gasteiger partial charge in [-0.05, 0) is 121 Å². The second-order valence-electron chi connectivity index (χ2n) is 28.2. The molecule has 4 heterocycles. The molecule has 4 aromatic heterocycles. The topological polar surface area (TPSA) is 130 Å². The molecule has 2 aromatic carbocycles. The van der Waals surface area contributed by atoms with Gasteiger partial charge in [-0.15, -0.1) is 64.5 Å². The molecule has 6 aromatic rings. The average Bonchev–Trinajstić information content (AvgIpc) is 1.58. The average molecular weight is 1680 g/mol. The van der Waals surface area contributed by atoms with E-state index in [9.17, 15) is 9.59 Å². The monoisotopic (exact) mass is 1670 g/mol. The van der Waals surface area contributed by atoms with E-state index < -0.39 is 0 Å². The number of nitrogens with zero attached hydrogens (tertiary/aromatic N) is 6. The summed E-state index contributed by atoms with van der Waals surface area (Å²) in [5.74, 6) is 10.5. The first-order chi connectivity index (χ1) is 45.7. The Bertz CT molecular complexity index is 3130. The molecule has 14 heteroatoms. The molecule has 2 saturated carbocycles. The first-order valence-electron chi connectivity index (χ1n) is 35.3. The zero-order chi connectivity index (χ0) is 67.6. The summed E-state index contributed by atoms with van der Waals surface area (Å²) in [5.41, 5.74) is 12.8. The van der Waals surface area contributed by atoms with E-state index in [1.807, 2.05) is 42.6 Å². The molecule has 4 aliphatic carbocycles. The third-order valence-electron chi connectivity index (χ3n) is 19.2. The van der Waals surface area contributed by atoms with E-state index in [4.69, 9.17) is 14.5 Å². The molecule has 0 amide bonds. The Hall–Kier alpha value is -4.64. The minimum absolute atomic E-state index is 0.00292. The molecule has 0 spiro atoms. The third-order valence-corrected chi connectivity index (χ3v) is 19.2. The van der Waals surface area contributed by atoms with E-state index >= 15 is 0 Å². The molecule has 94 heavy (non-hydrogen) atoms. The van der Waals surface area contributed by atoms with E-state index in [1.54, 1.807) is 49.9 Å². The SMILES string of the molecule is CC(C)(C)c1cc(-c2ccccn2)[c-]c(-c2cnncn2)c1.CCCCCCCCCCCC(=O)OCC1[C@H]2CCC#CCC[C@@H]12.CCCCCCCCCCCC(=O)OC[C@H]1[C@@H]2CCc3cc(-c4[c-]c(-c5ccccn5)cc(C(C)(C)C)c4)ncc3CC[C@@H]21.[Cl][Pt+].[Cl][Pt+]. The van der Waals surface area contributed by atoms with Crippen LogP contribution in [0.25, 0.3) is 45.0 Å². The van der Waals surface area contributed by atoms with Crippen LogP contribution < -0.4 is 0 Å². The van der Waals surface area contributed by atoms with Gasteiger partial charge in [0.2, 0.25) is 0 Å². The summed E-state index contributed by atoms with van der Waals surface area (Å²) in [4.78, 5) is 42.6. The van der Waals surface area contributed by atoms with Gasteiger partial charge in [-0.3, -0.25) is 29.5 Å². The predicted molar refractivity (Wildman–Crippen MR) is 378 cm³/mol. The molecule has 0 saturated heterocycles. The van der Waals surface area contributed by atoms with E-state index in [1.165, 1.54) is 138 Å². The van der Waals surface area contributed by atoms with Gasteiger partial charge < -0.3 is 9.47 Å². The summed E-state index contributed by atoms with van der Waals surface area (Å²) in [6, 6.07) is 30.0. The van der Waals surface area contributed by atoms with Crippen LogP contribution in [0.5, 0.6) is 0 Å². The number of esters is 2. The van der Waals surface area contributed by atoms with E-state index in [0.29, 0.717) is 49.7 Å². The van der Waals surface area contributed by atoms with Crippen LogP contribution in [0.15, 0.2) is 97.8 Å². The van der Waals surface area contributed by atoms with Crippen molar-refractivity contribution in [1.29, 1.82) is 0 Å². The second-order valence-corrected chi connectivity index (χ2v) is 28.2. The second kappa shape index (κ2) is 42.9. The summed E-state index contributed by atoms with van der Waals surface area (Å²) in [5, 5.41) is 7.64. The van der Waals surface area contributed by atoms with Crippen molar-refractivity contribution >= 4 is 30.8 Å². The number of carbonyl (C=O) groups is 2. The number of aromatic nitrogens is 6. The molecule has 514 valence electrons. The van der Waals surface area contributed by atoms with Gasteiger partial charge in [0, 0.05) is 73.2 Å². The number of ether oxygens (including phenoxy) is 2. The number of halogens is 2. The molecular formula is C80H106Cl2N6O4Pt2. The van der Waals surface area contributed by atoms with Gasteiger partial charge in [0.1, 0.15) is 6.33 Å². The quantitative estimate of drug-likeness (QED) is 0.0203. The Morgan fingerprint density at radius 3 is 1.29 bits per heavy atom. The van der Waals surface area contributed by atoms with Crippen molar-refractivity contribution in [3.05, 3.63) is 132 Å². The van der Waals surface area contributed by atoms with Crippen LogP contribution in [0, 0.1) is 59.5 Å². The fourth-order valence-electron chi connectivity index (χ4n) is 13.3. The van der Waals surface area contributed by atoms with E-state index in [0.717, 1.165) is 115 Å². The number of hydrogen-bond acceptors (Lipinski definition) is 10. The van der Waals surface area contributed by atoms with Crippen LogP contribution >= 0.6 is 18.8 Å². The summed E-state index contributed by atoms with van der Waals surface area (Å²) in [6.07, 6.45) is 41.9. The Balaban J connectivity index is 0.000000236. The van der Waals surface area contributed by atoms with Gasteiger partial charge in [-0.1, -0.05) is 211 Å². The van der Waals surface area contributed by atoms with Crippen molar-refractivity contribution in [3.63, 3.8) is 0 Å². The zero-order valence-electron chi connectivity index (χ0n) is 57.6. The first-order valence-corrected chi connectivity index (χ1v) is 40.9. The fourth-order valence-corrected chi connectivity index (χ4v) is 13.3. The molecule has 1 unspecified atom stereocenters. The summed E-state index contributed by atoms with van der Waals surface area (Å²) < 4.78 is 11.3. The molecule has 0 bridgehead atoms. The molecule has 2 fully saturated rings. The number of hydrogen-bond donors (Lipinski definition) is 0. The molecule has 0 N–H and O–H groups in total. The summed E-state index contributed by atoms with van der Waals surface area (Å²) >= 11 is 3.22. The number of aryl methyl sites for hydroxylation is 2. The normalized spacial score (nSPS) is 18.3. The first kappa shape index (κ1) is 78.4. The van der Waals surface area contributed by atoms with Gasteiger partial charge in [0.05, 0.1) is 13.2 Å². The zero-order valence-corrected chi connectivity index (χ0v) is 63.7. The van der Waals surface area contributed by atoms with Crippen LogP contribution in [0.2, 0.25) is 0 Å². The molecule has 10 nitrogen and oxygen atoms in total. The maximum atomic E-state index is 12.4. The van der Waals surface area contributed by atoms with E-state index in [2.05, 4.69) is 160 Å². The molecule has 6 atom stereocenters. The Kier molecular flexibility index (Phi) is 35.8. The Morgan fingerprint density at radius 1 is 0.479 bits per heavy atom. The van der Waals surface area contributed by atoms with Crippen molar-refractivity contribution in [1.82, 2.24) is 30.1 Å². The number of pyridine rings is 3. The molecule has 0 radical (unpaired) electrons. The van der Waals surface area contributed by atoms with Gasteiger partial charge in [-0.2, -0.15) is 5.10 Å². The van der Waals surface area contributed by atoms with Gasteiger partial charge in [0.25, 0.3) is 0 Å². The predicted octanol–water partition coefficient (Wildman–Crippen LogP) is 21.1. The van der Waals surface area contributed by atoms with E-state index in [-0.39, 0.29) is 22.8 Å². The third kappa shape index (κ3) is 27.0. The van der Waals surface area contributed by atoms with Crippen molar-refractivity contribution in [2.45, 2.75) is 246 Å². The number of fused-ring (bicyclic) bond motifs is 3.